The molecule has 0 bridgehead atoms. The van der Waals surface area contributed by atoms with Crippen molar-refractivity contribution in [3.05, 3.63) is 46.9 Å². The predicted octanol–water partition coefficient (Wildman–Crippen LogP) is 2.56. The van der Waals surface area contributed by atoms with Gasteiger partial charge in [0.15, 0.2) is 5.11 Å². The number of hydrogen-bond donors (Lipinski definition) is 1. The molecule has 0 unspecified atom stereocenters. The molecule has 23 heavy (non-hydrogen) atoms. The number of nitrogens with zero attached hydrogens (tertiary/aromatic N) is 4. The highest BCUT2D eigenvalue weighted by Gasteiger charge is 2.18. The van der Waals surface area contributed by atoms with Crippen LogP contribution in [0.2, 0.25) is 0 Å². The van der Waals surface area contributed by atoms with Crippen molar-refractivity contribution in [2.45, 2.75) is 6.92 Å². The fourth-order valence-electron chi connectivity index (χ4n) is 2.46. The Kier molecular flexibility index (Phi) is 5.19. The quantitative estimate of drug-likeness (QED) is 0.526. The molecule has 1 aliphatic heterocycles. The van der Waals surface area contributed by atoms with Crippen LogP contribution in [0, 0.1) is 0 Å². The molecule has 1 aromatic carbocycles. The summed E-state index contributed by atoms with van der Waals surface area (Å²) in [5.41, 5.74) is 5.11. The smallest absolute Gasteiger partial charge is 0.189 e. The summed E-state index contributed by atoms with van der Waals surface area (Å²) in [5.74, 6) is 0. The number of hydrazone groups is 1. The molecule has 1 N–H and O–H groups in total. The van der Waals surface area contributed by atoms with Crippen molar-refractivity contribution in [2.24, 2.45) is 5.10 Å². The number of para-hydroxylation sites is 1. The van der Waals surface area contributed by atoms with E-state index < -0.39 is 0 Å². The van der Waals surface area contributed by atoms with Crippen molar-refractivity contribution in [2.75, 3.05) is 31.1 Å². The lowest BCUT2D eigenvalue weighted by atomic mass is 10.2. The van der Waals surface area contributed by atoms with E-state index in [-0.39, 0.29) is 0 Å². The largest absolute Gasteiger partial charge is 0.368 e. The molecular weight excluding hydrogens is 326 g/mol. The molecule has 0 atom stereocenters. The zero-order valence-electron chi connectivity index (χ0n) is 13.0. The van der Waals surface area contributed by atoms with E-state index in [0.29, 0.717) is 5.11 Å². The second-order valence-corrected chi connectivity index (χ2v) is 6.54. The lowest BCUT2D eigenvalue weighted by Crippen LogP contribution is -2.51. The maximum Gasteiger partial charge on any atom is 0.189 e. The molecule has 2 heterocycles. The molecule has 1 saturated heterocycles. The van der Waals surface area contributed by atoms with Gasteiger partial charge >= 0.3 is 0 Å². The zero-order chi connectivity index (χ0) is 16.1. The van der Waals surface area contributed by atoms with Gasteiger partial charge in [0.05, 0.1) is 5.71 Å². The minimum absolute atomic E-state index is 0.675. The van der Waals surface area contributed by atoms with Crippen molar-refractivity contribution >= 4 is 40.1 Å². The van der Waals surface area contributed by atoms with Crippen molar-refractivity contribution in [1.29, 1.82) is 0 Å². The Labute approximate surface area is 145 Å². The summed E-state index contributed by atoms with van der Waals surface area (Å²) in [6.07, 6.45) is 1.78. The first-order valence-electron chi connectivity index (χ1n) is 7.53. The minimum Gasteiger partial charge on any atom is -0.368 e. The van der Waals surface area contributed by atoms with E-state index in [1.165, 1.54) is 5.69 Å². The molecule has 7 heteroatoms. The normalized spacial score (nSPS) is 15.6. The lowest BCUT2D eigenvalue weighted by Gasteiger charge is -2.37. The maximum atomic E-state index is 5.45. The monoisotopic (exact) mass is 345 g/mol. The fraction of sp³-hybridized carbons (Fsp3) is 0.312. The number of nitrogens with one attached hydrogen (secondary N) is 1. The van der Waals surface area contributed by atoms with Crippen LogP contribution in [0.25, 0.3) is 0 Å². The SMILES string of the molecule is C/C(=N\NC(=S)N1CCN(c2ccccc2)CC1)c1nccs1. The Hall–Kier alpha value is -1.99. The highest BCUT2D eigenvalue weighted by molar-refractivity contribution is 7.80. The highest BCUT2D eigenvalue weighted by Crippen LogP contribution is 2.15. The fourth-order valence-corrected chi connectivity index (χ4v) is 3.28. The number of thiazole rings is 1. The Balaban J connectivity index is 1.51. The zero-order valence-corrected chi connectivity index (χ0v) is 14.6. The van der Waals surface area contributed by atoms with Crippen molar-refractivity contribution in [3.63, 3.8) is 0 Å². The summed E-state index contributed by atoms with van der Waals surface area (Å²) in [5, 5.41) is 7.86. The standard InChI is InChI=1S/C16H19N5S2/c1-13(15-17-7-12-23-15)18-19-16(22)21-10-8-20(9-11-21)14-5-3-2-4-6-14/h2-7,12H,8-11H2,1H3,(H,19,22)/b18-13+. The van der Waals surface area contributed by atoms with E-state index in [0.717, 1.165) is 36.9 Å². The number of anilines is 1. The second-order valence-electron chi connectivity index (χ2n) is 5.26. The summed E-state index contributed by atoms with van der Waals surface area (Å²) in [6, 6.07) is 10.5. The molecular formula is C16H19N5S2. The third kappa shape index (κ3) is 4.05. The van der Waals surface area contributed by atoms with Crippen LogP contribution in [0.3, 0.4) is 0 Å². The van der Waals surface area contributed by atoms with Gasteiger partial charge in [0.25, 0.3) is 0 Å². The van der Waals surface area contributed by atoms with Crippen LogP contribution in [0.15, 0.2) is 47.0 Å². The Morgan fingerprint density at radius 1 is 1.22 bits per heavy atom. The predicted molar refractivity (Wildman–Crippen MR) is 100 cm³/mol. The molecule has 0 spiro atoms. The molecule has 3 rings (SSSR count). The van der Waals surface area contributed by atoms with E-state index in [4.69, 9.17) is 12.2 Å². The van der Waals surface area contributed by atoms with E-state index in [1.54, 1.807) is 17.5 Å². The van der Waals surface area contributed by atoms with Gasteiger partial charge in [-0.1, -0.05) is 18.2 Å². The summed E-state index contributed by atoms with van der Waals surface area (Å²) >= 11 is 7.02. The molecule has 1 aromatic heterocycles. The Bertz CT molecular complexity index is 661. The number of rotatable bonds is 3. The molecule has 1 aliphatic rings. The average Bonchev–Trinajstić information content (AvgIpc) is 3.15. The number of piperazine rings is 1. The summed E-state index contributed by atoms with van der Waals surface area (Å²) in [6.45, 7) is 5.64. The number of benzene rings is 1. The van der Waals surface area contributed by atoms with Gasteiger partial charge in [0, 0.05) is 43.4 Å². The highest BCUT2D eigenvalue weighted by atomic mass is 32.1. The van der Waals surface area contributed by atoms with Crippen molar-refractivity contribution < 1.29 is 0 Å². The molecule has 1 fully saturated rings. The van der Waals surface area contributed by atoms with Crippen LogP contribution in [-0.4, -0.2) is 46.9 Å². The molecule has 0 aliphatic carbocycles. The van der Waals surface area contributed by atoms with Crippen LogP contribution < -0.4 is 10.3 Å². The molecule has 5 nitrogen and oxygen atoms in total. The Morgan fingerprint density at radius 2 is 1.96 bits per heavy atom. The summed E-state index contributed by atoms with van der Waals surface area (Å²) in [7, 11) is 0. The van der Waals surface area contributed by atoms with E-state index >= 15 is 0 Å². The molecule has 0 radical (unpaired) electrons. The topological polar surface area (TPSA) is 43.8 Å². The van der Waals surface area contributed by atoms with Gasteiger partial charge in [-0.2, -0.15) is 5.10 Å². The van der Waals surface area contributed by atoms with Gasteiger partial charge < -0.3 is 9.80 Å². The van der Waals surface area contributed by atoms with Crippen LogP contribution in [0.4, 0.5) is 5.69 Å². The molecule has 120 valence electrons. The summed E-state index contributed by atoms with van der Waals surface area (Å²) in [4.78, 5) is 8.77. The summed E-state index contributed by atoms with van der Waals surface area (Å²) < 4.78 is 0. The van der Waals surface area contributed by atoms with Crippen molar-refractivity contribution in [3.8, 4) is 0 Å². The first-order valence-corrected chi connectivity index (χ1v) is 8.82. The van der Waals surface area contributed by atoms with Gasteiger partial charge in [0.2, 0.25) is 0 Å². The van der Waals surface area contributed by atoms with Crippen LogP contribution >= 0.6 is 23.6 Å². The number of aromatic nitrogens is 1. The van der Waals surface area contributed by atoms with E-state index in [9.17, 15) is 0 Å². The average molecular weight is 345 g/mol. The van der Waals surface area contributed by atoms with E-state index in [1.807, 2.05) is 18.4 Å². The molecule has 2 aromatic rings. The maximum absolute atomic E-state index is 5.45. The number of thiocarbonyl (C=S) groups is 1. The number of hydrogen-bond acceptors (Lipinski definition) is 5. The third-order valence-electron chi connectivity index (χ3n) is 3.75. The van der Waals surface area contributed by atoms with E-state index in [2.05, 4.69) is 49.6 Å². The Morgan fingerprint density at radius 3 is 2.61 bits per heavy atom. The molecule has 0 amide bonds. The third-order valence-corrected chi connectivity index (χ3v) is 4.98. The second kappa shape index (κ2) is 7.52. The first kappa shape index (κ1) is 15.9. The van der Waals surface area contributed by atoms with Gasteiger partial charge in [-0.15, -0.1) is 11.3 Å². The minimum atomic E-state index is 0.675. The van der Waals surface area contributed by atoms with Gasteiger partial charge in [0.1, 0.15) is 5.01 Å². The van der Waals surface area contributed by atoms with Gasteiger partial charge in [-0.3, -0.25) is 5.43 Å². The van der Waals surface area contributed by atoms with Gasteiger partial charge in [-0.25, -0.2) is 4.98 Å². The lowest BCUT2D eigenvalue weighted by molar-refractivity contribution is 0.381. The first-order chi connectivity index (χ1) is 11.2. The molecule has 0 saturated carbocycles. The van der Waals surface area contributed by atoms with Crippen molar-refractivity contribution in [1.82, 2.24) is 15.3 Å². The van der Waals surface area contributed by atoms with Crippen LogP contribution in [0.1, 0.15) is 11.9 Å². The van der Waals surface area contributed by atoms with Crippen LogP contribution in [0.5, 0.6) is 0 Å². The van der Waals surface area contributed by atoms with Crippen LogP contribution in [-0.2, 0) is 0 Å². The van der Waals surface area contributed by atoms with Gasteiger partial charge in [-0.05, 0) is 31.3 Å².